The third kappa shape index (κ3) is 2.20. The van der Waals surface area contributed by atoms with Gasteiger partial charge in [-0.1, -0.05) is 13.0 Å². The van der Waals surface area contributed by atoms with Crippen molar-refractivity contribution >= 4 is 6.03 Å². The first-order valence-corrected chi connectivity index (χ1v) is 5.84. The van der Waals surface area contributed by atoms with Crippen LogP contribution in [0.1, 0.15) is 24.1 Å². The van der Waals surface area contributed by atoms with Crippen molar-refractivity contribution < 1.29 is 9.53 Å². The summed E-state index contributed by atoms with van der Waals surface area (Å²) in [6.45, 7) is 2.80. The fraction of sp³-hybridized carbons (Fsp3) is 0.462. The highest BCUT2D eigenvalue weighted by atomic mass is 16.5. The lowest BCUT2D eigenvalue weighted by Gasteiger charge is -2.15. The number of rotatable bonds is 3. The molecule has 1 aromatic rings. The maximum absolute atomic E-state index is 11.5. The highest BCUT2D eigenvalue weighted by molar-refractivity contribution is 5.77. The van der Waals surface area contributed by atoms with Crippen LogP contribution in [0.5, 0.6) is 5.75 Å². The van der Waals surface area contributed by atoms with Crippen LogP contribution in [0, 0.1) is 0 Å². The quantitative estimate of drug-likeness (QED) is 0.868. The van der Waals surface area contributed by atoms with Crippen LogP contribution in [0.2, 0.25) is 0 Å². The highest BCUT2D eigenvalue weighted by Crippen LogP contribution is 2.29. The lowest BCUT2D eigenvalue weighted by atomic mass is 10.0. The van der Waals surface area contributed by atoms with Crippen molar-refractivity contribution in [3.63, 3.8) is 0 Å². The first kappa shape index (κ1) is 11.8. The zero-order valence-electron chi connectivity index (χ0n) is 10.5. The maximum atomic E-state index is 11.5. The van der Waals surface area contributed by atoms with E-state index in [1.807, 2.05) is 6.07 Å². The minimum absolute atomic E-state index is 0.0222. The van der Waals surface area contributed by atoms with Gasteiger partial charge in [0.1, 0.15) is 5.75 Å². The summed E-state index contributed by atoms with van der Waals surface area (Å²) in [5.74, 6) is 0.836. The minimum Gasteiger partial charge on any atom is -0.496 e. The highest BCUT2D eigenvalue weighted by Gasteiger charge is 2.28. The molecule has 1 fully saturated rings. The Bertz CT molecular complexity index is 431. The first-order chi connectivity index (χ1) is 8.15. The number of aryl methyl sites for hydroxylation is 1. The smallest absolute Gasteiger partial charge is 0.317 e. The van der Waals surface area contributed by atoms with Crippen LogP contribution in [-0.2, 0) is 6.42 Å². The molecule has 2 rings (SSSR count). The molecule has 1 N–H and O–H groups in total. The largest absolute Gasteiger partial charge is 0.496 e. The van der Waals surface area contributed by atoms with Crippen molar-refractivity contribution in [1.82, 2.24) is 10.2 Å². The topological polar surface area (TPSA) is 41.6 Å². The minimum atomic E-state index is -0.0287. The van der Waals surface area contributed by atoms with E-state index in [2.05, 4.69) is 24.4 Å². The van der Waals surface area contributed by atoms with Gasteiger partial charge in [0.25, 0.3) is 0 Å². The number of likely N-dealkylation sites (N-methyl/N-ethyl adjacent to an activating group) is 1. The van der Waals surface area contributed by atoms with E-state index in [0.29, 0.717) is 6.54 Å². The molecule has 1 aliphatic rings. The molecular weight excluding hydrogens is 216 g/mol. The number of carbonyl (C=O) groups excluding carboxylic acids is 1. The third-order valence-electron chi connectivity index (χ3n) is 3.18. The van der Waals surface area contributed by atoms with Gasteiger partial charge in [-0.25, -0.2) is 4.79 Å². The van der Waals surface area contributed by atoms with Crippen LogP contribution < -0.4 is 10.1 Å². The molecule has 0 saturated carbocycles. The SMILES string of the molecule is CCc1ccc(OC)c(C2CN(C)C(=O)N2)c1. The Hall–Kier alpha value is -1.71. The second kappa shape index (κ2) is 4.65. The Morgan fingerprint density at radius 1 is 1.53 bits per heavy atom. The van der Waals surface area contributed by atoms with E-state index in [1.54, 1.807) is 19.1 Å². The van der Waals surface area contributed by atoms with Crippen LogP contribution in [0.25, 0.3) is 0 Å². The fourth-order valence-electron chi connectivity index (χ4n) is 2.11. The lowest BCUT2D eigenvalue weighted by Crippen LogP contribution is -2.24. The first-order valence-electron chi connectivity index (χ1n) is 5.84. The van der Waals surface area contributed by atoms with Crippen LogP contribution in [0.3, 0.4) is 0 Å². The van der Waals surface area contributed by atoms with Crippen LogP contribution in [0.15, 0.2) is 18.2 Å². The Morgan fingerprint density at radius 2 is 2.29 bits per heavy atom. The molecule has 0 radical (unpaired) electrons. The van der Waals surface area contributed by atoms with Crippen LogP contribution >= 0.6 is 0 Å². The number of hydrogen-bond donors (Lipinski definition) is 1. The Labute approximate surface area is 102 Å². The number of ether oxygens (including phenoxy) is 1. The molecule has 2 amide bonds. The molecule has 1 aromatic carbocycles. The molecule has 92 valence electrons. The number of hydrogen-bond acceptors (Lipinski definition) is 2. The summed E-state index contributed by atoms with van der Waals surface area (Å²) in [5, 5.41) is 2.95. The monoisotopic (exact) mass is 234 g/mol. The van der Waals surface area contributed by atoms with E-state index in [4.69, 9.17) is 4.74 Å². The summed E-state index contributed by atoms with van der Waals surface area (Å²) in [5.41, 5.74) is 2.31. The van der Waals surface area contributed by atoms with E-state index < -0.39 is 0 Å². The van der Waals surface area contributed by atoms with E-state index in [0.717, 1.165) is 17.7 Å². The van der Waals surface area contributed by atoms with Gasteiger partial charge in [-0.2, -0.15) is 0 Å². The number of amides is 2. The lowest BCUT2D eigenvalue weighted by molar-refractivity contribution is 0.226. The Balaban J connectivity index is 2.33. The molecule has 1 heterocycles. The Kier molecular flexibility index (Phi) is 3.22. The van der Waals surface area contributed by atoms with Gasteiger partial charge in [-0.15, -0.1) is 0 Å². The molecule has 0 aliphatic carbocycles. The van der Waals surface area contributed by atoms with E-state index in [9.17, 15) is 4.79 Å². The number of nitrogens with one attached hydrogen (secondary N) is 1. The van der Waals surface area contributed by atoms with Crippen LogP contribution in [-0.4, -0.2) is 31.6 Å². The number of nitrogens with zero attached hydrogens (tertiary/aromatic N) is 1. The summed E-state index contributed by atoms with van der Waals surface area (Å²) >= 11 is 0. The summed E-state index contributed by atoms with van der Waals surface area (Å²) in [4.78, 5) is 13.2. The zero-order chi connectivity index (χ0) is 12.4. The fourth-order valence-corrected chi connectivity index (χ4v) is 2.11. The van der Waals surface area contributed by atoms with E-state index in [1.165, 1.54) is 5.56 Å². The molecule has 1 aliphatic heterocycles. The van der Waals surface area contributed by atoms with Gasteiger partial charge < -0.3 is 15.0 Å². The van der Waals surface area contributed by atoms with Gasteiger partial charge in [0.2, 0.25) is 0 Å². The average molecular weight is 234 g/mol. The molecule has 0 bridgehead atoms. The third-order valence-corrected chi connectivity index (χ3v) is 3.18. The van der Waals surface area contributed by atoms with Gasteiger partial charge in [0.15, 0.2) is 0 Å². The molecule has 17 heavy (non-hydrogen) atoms. The molecule has 0 aromatic heterocycles. The predicted octanol–water partition coefficient (Wildman–Crippen LogP) is 1.95. The molecular formula is C13H18N2O2. The summed E-state index contributed by atoms with van der Waals surface area (Å²) in [6, 6.07) is 6.14. The molecule has 4 heteroatoms. The van der Waals surface area contributed by atoms with Crippen molar-refractivity contribution in [3.8, 4) is 5.75 Å². The second-order valence-corrected chi connectivity index (χ2v) is 4.31. The maximum Gasteiger partial charge on any atom is 0.317 e. The number of methoxy groups -OCH3 is 1. The second-order valence-electron chi connectivity index (χ2n) is 4.31. The van der Waals surface area contributed by atoms with Crippen molar-refractivity contribution in [2.45, 2.75) is 19.4 Å². The standard InChI is InChI=1S/C13H18N2O2/c1-4-9-5-6-12(17-3)10(7-9)11-8-15(2)13(16)14-11/h5-7,11H,4,8H2,1-3H3,(H,14,16). The zero-order valence-corrected chi connectivity index (χ0v) is 10.5. The van der Waals surface area contributed by atoms with E-state index >= 15 is 0 Å². The van der Waals surface area contributed by atoms with Crippen molar-refractivity contribution in [1.29, 1.82) is 0 Å². The van der Waals surface area contributed by atoms with Crippen molar-refractivity contribution in [2.75, 3.05) is 20.7 Å². The number of urea groups is 1. The average Bonchev–Trinajstić information content (AvgIpc) is 2.68. The molecule has 0 spiro atoms. The van der Waals surface area contributed by atoms with Crippen molar-refractivity contribution in [2.24, 2.45) is 0 Å². The summed E-state index contributed by atoms with van der Waals surface area (Å²) in [6.07, 6.45) is 0.980. The summed E-state index contributed by atoms with van der Waals surface area (Å²) in [7, 11) is 3.45. The van der Waals surface area contributed by atoms with Gasteiger partial charge in [0, 0.05) is 19.2 Å². The molecule has 1 atom stereocenters. The van der Waals surface area contributed by atoms with E-state index in [-0.39, 0.29) is 12.1 Å². The number of benzene rings is 1. The number of carbonyl (C=O) groups is 1. The van der Waals surface area contributed by atoms with Gasteiger partial charge in [-0.05, 0) is 24.1 Å². The van der Waals surface area contributed by atoms with Crippen molar-refractivity contribution in [3.05, 3.63) is 29.3 Å². The van der Waals surface area contributed by atoms with Gasteiger partial charge >= 0.3 is 6.03 Å². The molecule has 1 saturated heterocycles. The van der Waals surface area contributed by atoms with Gasteiger partial charge in [-0.3, -0.25) is 0 Å². The normalized spacial score (nSPS) is 19.4. The molecule has 1 unspecified atom stereocenters. The van der Waals surface area contributed by atoms with Crippen LogP contribution in [0.4, 0.5) is 4.79 Å². The Morgan fingerprint density at radius 3 is 2.82 bits per heavy atom. The predicted molar refractivity (Wildman–Crippen MR) is 66.3 cm³/mol. The van der Waals surface area contributed by atoms with Gasteiger partial charge in [0.05, 0.1) is 13.2 Å². The summed E-state index contributed by atoms with van der Waals surface area (Å²) < 4.78 is 5.36. The molecule has 4 nitrogen and oxygen atoms in total.